The minimum Gasteiger partial charge on any atom is -0.369 e. The Morgan fingerprint density at radius 2 is 2.00 bits per heavy atom. The molecule has 3 rings (SSSR count). The van der Waals surface area contributed by atoms with Gasteiger partial charge in [0.1, 0.15) is 6.10 Å². The number of ether oxygens (including phenoxy) is 1. The van der Waals surface area contributed by atoms with Gasteiger partial charge in [0.2, 0.25) is 5.56 Å². The second-order valence-electron chi connectivity index (χ2n) is 6.02. The molecule has 6 heteroatoms. The lowest BCUT2D eigenvalue weighted by Crippen LogP contribution is -2.48. The predicted molar refractivity (Wildman–Crippen MR) is 92.3 cm³/mol. The normalized spacial score (nSPS) is 20.9. The molecule has 0 spiro atoms. The third-order valence-corrected chi connectivity index (χ3v) is 4.62. The lowest BCUT2D eigenvalue weighted by atomic mass is 10.0. The first kappa shape index (κ1) is 16.7. The highest BCUT2D eigenvalue weighted by Crippen LogP contribution is 2.30. The molecular weight excluding hydrogens is 328 g/mol. The molecule has 24 heavy (non-hydrogen) atoms. The van der Waals surface area contributed by atoms with Crippen LogP contribution in [0.4, 0.5) is 0 Å². The van der Waals surface area contributed by atoms with Gasteiger partial charge in [0.25, 0.3) is 5.91 Å². The Hall–Kier alpha value is -2.11. The lowest BCUT2D eigenvalue weighted by molar-refractivity contribution is -0.0486. The largest absolute Gasteiger partial charge is 0.369 e. The van der Waals surface area contributed by atoms with Crippen LogP contribution in [0.25, 0.3) is 0 Å². The zero-order valence-corrected chi connectivity index (χ0v) is 14.4. The fourth-order valence-corrected chi connectivity index (χ4v) is 3.11. The van der Waals surface area contributed by atoms with Crippen molar-refractivity contribution in [2.75, 3.05) is 13.2 Å². The highest BCUT2D eigenvalue weighted by Gasteiger charge is 2.32. The number of halogens is 1. The van der Waals surface area contributed by atoms with Crippen molar-refractivity contribution in [3.05, 3.63) is 69.1 Å². The van der Waals surface area contributed by atoms with Crippen molar-refractivity contribution >= 4 is 17.5 Å². The van der Waals surface area contributed by atoms with Crippen molar-refractivity contribution in [3.8, 4) is 0 Å². The van der Waals surface area contributed by atoms with Gasteiger partial charge in [0, 0.05) is 29.9 Å². The quantitative estimate of drug-likeness (QED) is 0.840. The molecule has 2 aromatic rings. The van der Waals surface area contributed by atoms with Crippen LogP contribution < -0.4 is 5.56 Å². The van der Waals surface area contributed by atoms with Gasteiger partial charge in [-0.3, -0.25) is 9.59 Å². The summed E-state index contributed by atoms with van der Waals surface area (Å²) in [6.07, 6.45) is 1.31. The van der Waals surface area contributed by atoms with E-state index in [1.807, 2.05) is 31.2 Å². The number of aromatic nitrogens is 1. The van der Waals surface area contributed by atoms with E-state index >= 15 is 0 Å². The molecule has 1 saturated heterocycles. The van der Waals surface area contributed by atoms with E-state index in [0.29, 0.717) is 23.7 Å². The number of aryl methyl sites for hydroxylation is 1. The molecule has 1 amide bonds. The molecule has 0 saturated carbocycles. The van der Waals surface area contributed by atoms with E-state index in [0.717, 1.165) is 5.56 Å². The van der Waals surface area contributed by atoms with Crippen LogP contribution in [0.1, 0.15) is 28.9 Å². The van der Waals surface area contributed by atoms with E-state index in [2.05, 4.69) is 0 Å². The first-order chi connectivity index (χ1) is 11.5. The van der Waals surface area contributed by atoms with Gasteiger partial charge in [-0.15, -0.1) is 0 Å². The van der Waals surface area contributed by atoms with E-state index in [4.69, 9.17) is 16.3 Å². The summed E-state index contributed by atoms with van der Waals surface area (Å²) in [4.78, 5) is 26.1. The van der Waals surface area contributed by atoms with Gasteiger partial charge in [0.05, 0.1) is 24.8 Å². The van der Waals surface area contributed by atoms with Crippen LogP contribution in [0.2, 0.25) is 5.02 Å². The fraction of sp³-hybridized carbons (Fsp3) is 0.333. The van der Waals surface area contributed by atoms with Gasteiger partial charge < -0.3 is 14.2 Å². The van der Waals surface area contributed by atoms with Gasteiger partial charge in [-0.2, -0.15) is 0 Å². The van der Waals surface area contributed by atoms with E-state index in [1.165, 1.54) is 10.6 Å². The van der Waals surface area contributed by atoms with Crippen LogP contribution in [0.3, 0.4) is 0 Å². The minimum atomic E-state index is -0.258. The summed E-state index contributed by atoms with van der Waals surface area (Å²) in [6.45, 7) is 2.81. The second kappa shape index (κ2) is 6.79. The molecule has 1 aliphatic rings. The average Bonchev–Trinajstić information content (AvgIpc) is 2.58. The number of pyridine rings is 1. The van der Waals surface area contributed by atoms with Crippen molar-refractivity contribution in [2.24, 2.45) is 7.05 Å². The number of hydrogen-bond donors (Lipinski definition) is 0. The first-order valence-electron chi connectivity index (χ1n) is 7.81. The fourth-order valence-electron chi connectivity index (χ4n) is 2.85. The molecule has 5 nitrogen and oxygen atoms in total. The van der Waals surface area contributed by atoms with Crippen LogP contribution in [0.5, 0.6) is 0 Å². The van der Waals surface area contributed by atoms with Crippen LogP contribution in [0.15, 0.2) is 47.4 Å². The Labute approximate surface area is 145 Å². The third-order valence-electron chi connectivity index (χ3n) is 4.28. The Bertz CT molecular complexity index is 818. The monoisotopic (exact) mass is 346 g/mol. The zero-order valence-electron chi connectivity index (χ0n) is 13.6. The number of amides is 1. The summed E-state index contributed by atoms with van der Waals surface area (Å²) in [5, 5.41) is 0.631. The molecule has 2 atom stereocenters. The molecule has 0 aliphatic carbocycles. The Morgan fingerprint density at radius 3 is 2.71 bits per heavy atom. The standard InChI is InChI=1S/C18H19ClN2O3/c1-12-11-24-16(14-5-3-4-6-15(14)19)10-21(12)18(23)13-7-8-17(22)20(2)9-13/h3-9,12,16H,10-11H2,1-2H3/t12-,16-/m1/s1. The summed E-state index contributed by atoms with van der Waals surface area (Å²) in [5.41, 5.74) is 1.23. The summed E-state index contributed by atoms with van der Waals surface area (Å²) < 4.78 is 7.29. The molecule has 1 aromatic carbocycles. The van der Waals surface area contributed by atoms with Gasteiger partial charge in [0.15, 0.2) is 0 Å². The molecule has 2 heterocycles. The number of morpholine rings is 1. The highest BCUT2D eigenvalue weighted by atomic mass is 35.5. The summed E-state index contributed by atoms with van der Waals surface area (Å²) in [6, 6.07) is 10.4. The topological polar surface area (TPSA) is 51.5 Å². The molecule has 126 valence electrons. The lowest BCUT2D eigenvalue weighted by Gasteiger charge is -2.38. The summed E-state index contributed by atoms with van der Waals surface area (Å²) in [7, 11) is 1.63. The number of rotatable bonds is 2. The molecule has 1 aliphatic heterocycles. The third kappa shape index (κ3) is 3.23. The van der Waals surface area contributed by atoms with Crippen LogP contribution in [-0.2, 0) is 11.8 Å². The van der Waals surface area contributed by atoms with Crippen molar-refractivity contribution < 1.29 is 9.53 Å². The van der Waals surface area contributed by atoms with Crippen molar-refractivity contribution in [3.63, 3.8) is 0 Å². The van der Waals surface area contributed by atoms with E-state index < -0.39 is 0 Å². The molecule has 1 aromatic heterocycles. The minimum absolute atomic E-state index is 0.0477. The molecule has 0 bridgehead atoms. The number of carbonyl (C=O) groups is 1. The maximum absolute atomic E-state index is 12.9. The van der Waals surface area contributed by atoms with Gasteiger partial charge in [-0.25, -0.2) is 0 Å². The van der Waals surface area contributed by atoms with E-state index in [1.54, 1.807) is 24.2 Å². The van der Waals surface area contributed by atoms with Gasteiger partial charge in [-0.05, 0) is 19.1 Å². The van der Waals surface area contributed by atoms with E-state index in [-0.39, 0.29) is 23.6 Å². The summed E-state index contributed by atoms with van der Waals surface area (Å²) >= 11 is 6.25. The Balaban J connectivity index is 1.86. The SMILES string of the molecule is C[C@@H]1CO[C@@H](c2ccccc2Cl)CN1C(=O)c1ccc(=O)n(C)c1. The Morgan fingerprint density at radius 1 is 1.25 bits per heavy atom. The maximum atomic E-state index is 12.9. The smallest absolute Gasteiger partial charge is 0.255 e. The van der Waals surface area contributed by atoms with Gasteiger partial charge >= 0.3 is 0 Å². The van der Waals surface area contributed by atoms with Crippen LogP contribution in [0, 0.1) is 0 Å². The first-order valence-corrected chi connectivity index (χ1v) is 8.19. The summed E-state index contributed by atoms with van der Waals surface area (Å²) in [5.74, 6) is -0.113. The Kier molecular flexibility index (Phi) is 4.73. The van der Waals surface area contributed by atoms with Crippen LogP contribution >= 0.6 is 11.6 Å². The number of carbonyl (C=O) groups excluding carboxylic acids is 1. The molecule has 0 radical (unpaired) electrons. The number of nitrogens with zero attached hydrogens (tertiary/aromatic N) is 2. The van der Waals surface area contributed by atoms with Gasteiger partial charge in [-0.1, -0.05) is 29.8 Å². The molecule has 0 N–H and O–H groups in total. The van der Waals surface area contributed by atoms with Crippen LogP contribution in [-0.4, -0.2) is 34.6 Å². The second-order valence-corrected chi connectivity index (χ2v) is 6.42. The average molecular weight is 347 g/mol. The maximum Gasteiger partial charge on any atom is 0.255 e. The number of hydrogen-bond acceptors (Lipinski definition) is 3. The number of benzene rings is 1. The predicted octanol–water partition coefficient (Wildman–Crippen LogP) is 2.64. The van der Waals surface area contributed by atoms with Crippen molar-refractivity contribution in [1.82, 2.24) is 9.47 Å². The van der Waals surface area contributed by atoms with E-state index in [9.17, 15) is 9.59 Å². The highest BCUT2D eigenvalue weighted by molar-refractivity contribution is 6.31. The van der Waals surface area contributed by atoms with Crippen molar-refractivity contribution in [2.45, 2.75) is 19.1 Å². The molecular formula is C18H19ClN2O3. The molecule has 1 fully saturated rings. The van der Waals surface area contributed by atoms with Crippen molar-refractivity contribution in [1.29, 1.82) is 0 Å². The molecule has 0 unspecified atom stereocenters. The zero-order chi connectivity index (χ0) is 17.3.